The first kappa shape index (κ1) is 14.7. The third-order valence-corrected chi connectivity index (χ3v) is 5.05. The molecule has 6 heteroatoms. The van der Waals surface area contributed by atoms with E-state index < -0.39 is 6.10 Å². The molecule has 1 aromatic carbocycles. The minimum atomic E-state index is -0.434. The van der Waals surface area contributed by atoms with Gasteiger partial charge in [-0.1, -0.05) is 12.1 Å². The molecular formula is C17H22N4O2. The molecule has 4 rings (SSSR count). The Balaban J connectivity index is 1.45. The van der Waals surface area contributed by atoms with Crippen molar-refractivity contribution < 1.29 is 9.90 Å². The van der Waals surface area contributed by atoms with Crippen LogP contribution in [0.1, 0.15) is 12.8 Å². The van der Waals surface area contributed by atoms with E-state index >= 15 is 0 Å². The van der Waals surface area contributed by atoms with Crippen LogP contribution in [0, 0.1) is 0 Å². The number of aliphatic hydroxyl groups excluding tert-OH is 1. The number of para-hydroxylation sites is 2. The Morgan fingerprint density at radius 3 is 2.83 bits per heavy atom. The van der Waals surface area contributed by atoms with Crippen molar-refractivity contribution in [3.05, 3.63) is 30.6 Å². The van der Waals surface area contributed by atoms with Crippen molar-refractivity contribution >= 4 is 16.9 Å². The van der Waals surface area contributed by atoms with E-state index in [0.29, 0.717) is 13.1 Å². The van der Waals surface area contributed by atoms with E-state index in [1.165, 1.54) is 12.8 Å². The van der Waals surface area contributed by atoms with Crippen molar-refractivity contribution in [3.63, 3.8) is 0 Å². The number of carbonyl (C=O) groups excluding carboxylic acids is 1. The van der Waals surface area contributed by atoms with Crippen LogP contribution in [0.3, 0.4) is 0 Å². The highest BCUT2D eigenvalue weighted by molar-refractivity contribution is 5.80. The lowest BCUT2D eigenvalue weighted by atomic mass is 10.2. The van der Waals surface area contributed by atoms with Gasteiger partial charge in [-0.2, -0.15) is 0 Å². The van der Waals surface area contributed by atoms with Crippen molar-refractivity contribution in [2.75, 3.05) is 26.2 Å². The fourth-order valence-corrected chi connectivity index (χ4v) is 3.79. The summed E-state index contributed by atoms with van der Waals surface area (Å²) >= 11 is 0. The first-order valence-electron chi connectivity index (χ1n) is 8.32. The van der Waals surface area contributed by atoms with Crippen LogP contribution >= 0.6 is 0 Å². The number of amides is 1. The summed E-state index contributed by atoms with van der Waals surface area (Å²) in [6.45, 7) is 3.42. The number of nitrogens with zero attached hydrogens (tertiary/aromatic N) is 4. The molecule has 1 aromatic heterocycles. The van der Waals surface area contributed by atoms with E-state index in [1.54, 1.807) is 11.2 Å². The van der Waals surface area contributed by atoms with E-state index in [4.69, 9.17) is 0 Å². The van der Waals surface area contributed by atoms with Crippen molar-refractivity contribution in [1.82, 2.24) is 19.4 Å². The predicted octanol–water partition coefficient (Wildman–Crippen LogP) is 0.704. The van der Waals surface area contributed by atoms with Gasteiger partial charge in [-0.3, -0.25) is 9.69 Å². The molecule has 0 saturated carbocycles. The molecule has 0 radical (unpaired) electrons. The summed E-state index contributed by atoms with van der Waals surface area (Å²) in [6, 6.07) is 7.91. The van der Waals surface area contributed by atoms with Gasteiger partial charge in [-0.25, -0.2) is 4.98 Å². The number of benzene rings is 1. The first-order valence-corrected chi connectivity index (χ1v) is 8.32. The normalized spacial score (nSPS) is 25.5. The number of β-amino-alcohol motifs (C(OH)–C–C–N with tert-alkyl or cyclic N) is 1. The third-order valence-electron chi connectivity index (χ3n) is 5.05. The van der Waals surface area contributed by atoms with Crippen molar-refractivity contribution in [1.29, 1.82) is 0 Å². The highest BCUT2D eigenvalue weighted by Gasteiger charge is 2.38. The second-order valence-corrected chi connectivity index (χ2v) is 6.54. The Bertz CT molecular complexity index is 707. The van der Waals surface area contributed by atoms with E-state index in [9.17, 15) is 9.90 Å². The molecule has 0 spiro atoms. The second-order valence-electron chi connectivity index (χ2n) is 6.54. The summed E-state index contributed by atoms with van der Waals surface area (Å²) in [4.78, 5) is 21.1. The maximum absolute atomic E-state index is 12.6. The summed E-state index contributed by atoms with van der Waals surface area (Å²) < 4.78 is 1.88. The average Bonchev–Trinajstić information content (AvgIpc) is 3.27. The molecule has 2 atom stereocenters. The number of aliphatic hydroxyl groups is 1. The molecule has 2 aromatic rings. The fourth-order valence-electron chi connectivity index (χ4n) is 3.79. The lowest BCUT2D eigenvalue weighted by molar-refractivity contribution is -0.131. The van der Waals surface area contributed by atoms with E-state index in [1.807, 2.05) is 28.8 Å². The molecule has 0 bridgehead atoms. The largest absolute Gasteiger partial charge is 0.390 e. The standard InChI is InChI=1S/C17H22N4O2/c22-16-10-20(9-15(16)19-7-3-4-8-19)17(23)11-21-12-18-13-5-1-2-6-14(13)21/h1-2,5-6,12,15-16,22H,3-4,7-11H2/t15-,16-/m1/s1. The Morgan fingerprint density at radius 2 is 2.00 bits per heavy atom. The number of imidazole rings is 1. The van der Waals surface area contributed by atoms with Gasteiger partial charge in [0.2, 0.25) is 5.91 Å². The van der Waals surface area contributed by atoms with Gasteiger partial charge in [0.05, 0.1) is 29.5 Å². The van der Waals surface area contributed by atoms with Crippen LogP contribution in [0.5, 0.6) is 0 Å². The Kier molecular flexibility index (Phi) is 3.79. The number of hydrogen-bond donors (Lipinski definition) is 1. The quantitative estimate of drug-likeness (QED) is 0.906. The van der Waals surface area contributed by atoms with Gasteiger partial charge in [0.1, 0.15) is 6.54 Å². The van der Waals surface area contributed by atoms with Gasteiger partial charge in [-0.15, -0.1) is 0 Å². The van der Waals surface area contributed by atoms with Crippen LogP contribution in [-0.4, -0.2) is 68.7 Å². The number of aromatic nitrogens is 2. The number of rotatable bonds is 3. The molecule has 3 heterocycles. The number of likely N-dealkylation sites (tertiary alicyclic amines) is 2. The molecule has 2 fully saturated rings. The molecule has 6 nitrogen and oxygen atoms in total. The summed E-state index contributed by atoms with van der Waals surface area (Å²) in [5.41, 5.74) is 1.87. The number of hydrogen-bond acceptors (Lipinski definition) is 4. The minimum Gasteiger partial charge on any atom is -0.390 e. The maximum atomic E-state index is 12.6. The molecule has 122 valence electrons. The topological polar surface area (TPSA) is 61.6 Å². The lowest BCUT2D eigenvalue weighted by Crippen LogP contribution is -2.41. The number of fused-ring (bicyclic) bond motifs is 1. The summed E-state index contributed by atoms with van der Waals surface area (Å²) in [5, 5.41) is 10.3. The molecule has 1 N–H and O–H groups in total. The highest BCUT2D eigenvalue weighted by atomic mass is 16.3. The van der Waals surface area contributed by atoms with Gasteiger partial charge < -0.3 is 14.6 Å². The number of carbonyl (C=O) groups is 1. The molecule has 1 amide bonds. The molecular weight excluding hydrogens is 292 g/mol. The monoisotopic (exact) mass is 314 g/mol. The van der Waals surface area contributed by atoms with Crippen LogP contribution < -0.4 is 0 Å². The van der Waals surface area contributed by atoms with Crippen molar-refractivity contribution in [2.24, 2.45) is 0 Å². The summed E-state index contributed by atoms with van der Waals surface area (Å²) in [7, 11) is 0. The second kappa shape index (κ2) is 5.94. The zero-order valence-electron chi connectivity index (χ0n) is 13.1. The molecule has 2 aliphatic rings. The third kappa shape index (κ3) is 2.72. The van der Waals surface area contributed by atoms with Crippen LogP contribution in [0.25, 0.3) is 11.0 Å². The molecule has 2 aliphatic heterocycles. The van der Waals surface area contributed by atoms with Crippen LogP contribution in [-0.2, 0) is 11.3 Å². The fraction of sp³-hybridized carbons (Fsp3) is 0.529. The van der Waals surface area contributed by atoms with Crippen LogP contribution in [0.4, 0.5) is 0 Å². The van der Waals surface area contributed by atoms with Crippen LogP contribution in [0.2, 0.25) is 0 Å². The zero-order valence-corrected chi connectivity index (χ0v) is 13.1. The molecule has 2 saturated heterocycles. The summed E-state index contributed by atoms with van der Waals surface area (Å²) in [6.07, 6.45) is 3.67. The van der Waals surface area contributed by atoms with E-state index in [0.717, 1.165) is 24.1 Å². The van der Waals surface area contributed by atoms with Gasteiger partial charge in [0, 0.05) is 13.1 Å². The maximum Gasteiger partial charge on any atom is 0.242 e. The average molecular weight is 314 g/mol. The molecule has 23 heavy (non-hydrogen) atoms. The van der Waals surface area contributed by atoms with E-state index in [-0.39, 0.29) is 18.5 Å². The van der Waals surface area contributed by atoms with Gasteiger partial charge in [-0.05, 0) is 38.1 Å². The Morgan fingerprint density at radius 1 is 1.22 bits per heavy atom. The Labute approximate surface area is 135 Å². The SMILES string of the molecule is O=C(Cn1cnc2ccccc21)N1C[C@@H](O)[C@H](N2CCCC2)C1. The summed E-state index contributed by atoms with van der Waals surface area (Å²) in [5.74, 6) is 0.0499. The Hall–Kier alpha value is -1.92. The van der Waals surface area contributed by atoms with Gasteiger partial charge in [0.15, 0.2) is 0 Å². The smallest absolute Gasteiger partial charge is 0.242 e. The predicted molar refractivity (Wildman–Crippen MR) is 86.9 cm³/mol. The highest BCUT2D eigenvalue weighted by Crippen LogP contribution is 2.21. The molecule has 0 unspecified atom stereocenters. The zero-order chi connectivity index (χ0) is 15.8. The first-order chi connectivity index (χ1) is 11.2. The lowest BCUT2D eigenvalue weighted by Gasteiger charge is -2.25. The van der Waals surface area contributed by atoms with Crippen molar-refractivity contribution in [3.8, 4) is 0 Å². The van der Waals surface area contributed by atoms with Crippen LogP contribution in [0.15, 0.2) is 30.6 Å². The van der Waals surface area contributed by atoms with Crippen molar-refractivity contribution in [2.45, 2.75) is 31.5 Å². The molecule has 0 aliphatic carbocycles. The van der Waals surface area contributed by atoms with E-state index in [2.05, 4.69) is 9.88 Å². The minimum absolute atomic E-state index is 0.0499. The van der Waals surface area contributed by atoms with Gasteiger partial charge >= 0.3 is 0 Å². The van der Waals surface area contributed by atoms with Gasteiger partial charge in [0.25, 0.3) is 0 Å².